The maximum absolute atomic E-state index is 8.52. The molecule has 0 amide bonds. The molecule has 0 aromatic heterocycles. The molecular formula is Na4O12PbS3. The monoisotopic (exact) mass is 588 g/mol. The largest absolute Gasteiger partial charge is 2.00 e. The van der Waals surface area contributed by atoms with Crippen LogP contribution in [0.4, 0.5) is 0 Å². The van der Waals surface area contributed by atoms with Gasteiger partial charge in [-0.25, -0.2) is 0 Å². The van der Waals surface area contributed by atoms with Gasteiger partial charge in [0, 0.05) is 31.2 Å². The van der Waals surface area contributed by atoms with E-state index in [0.29, 0.717) is 0 Å². The Labute approximate surface area is 224 Å². The Morgan fingerprint density at radius 2 is 0.400 bits per heavy atom. The summed E-state index contributed by atoms with van der Waals surface area (Å²) in [6.45, 7) is 0. The first-order chi connectivity index (χ1) is 6.00. The van der Waals surface area contributed by atoms with Gasteiger partial charge in [-0.05, 0) is 0 Å². The summed E-state index contributed by atoms with van der Waals surface area (Å²) in [6, 6.07) is 0. The molecular weight excluding hydrogens is 587 g/mol. The Kier molecular flexibility index (Phi) is 58.5. The van der Waals surface area contributed by atoms with Crippen LogP contribution in [-0.2, 0) is 31.2 Å². The molecule has 20 heteroatoms. The van der Waals surface area contributed by atoms with E-state index in [1.807, 2.05) is 0 Å². The molecule has 0 saturated heterocycles. The average molecular weight is 587 g/mol. The van der Waals surface area contributed by atoms with Crippen molar-refractivity contribution in [2.24, 2.45) is 0 Å². The van der Waals surface area contributed by atoms with Gasteiger partial charge < -0.3 is 27.3 Å². The SMILES string of the molecule is O=S(=O)([O-])[O-].O=S(=O)([O-])[O-].O=S(=O)([O-])[O-].[Na+].[Na+].[Na+].[Na+].[Pb+2]. The van der Waals surface area contributed by atoms with Gasteiger partial charge in [-0.15, -0.1) is 0 Å². The molecule has 0 saturated carbocycles. The molecule has 0 spiro atoms. The number of rotatable bonds is 0. The first-order valence-corrected chi connectivity index (χ1v) is 6.00. The molecule has 0 unspecified atom stereocenters. The van der Waals surface area contributed by atoms with Crippen molar-refractivity contribution in [2.75, 3.05) is 0 Å². The molecule has 12 nitrogen and oxygen atoms in total. The number of hydrogen-bond donors (Lipinski definition) is 0. The summed E-state index contributed by atoms with van der Waals surface area (Å²) in [5.74, 6) is 0. The third kappa shape index (κ3) is 509. The van der Waals surface area contributed by atoms with Gasteiger partial charge in [-0.3, -0.25) is 25.3 Å². The van der Waals surface area contributed by atoms with E-state index >= 15 is 0 Å². The van der Waals surface area contributed by atoms with Gasteiger partial charge in [0.1, 0.15) is 0 Å². The first-order valence-electron chi connectivity index (χ1n) is 2.00. The fourth-order valence-electron chi connectivity index (χ4n) is 0. The van der Waals surface area contributed by atoms with Crippen LogP contribution < -0.4 is 118 Å². The minimum Gasteiger partial charge on any atom is -0.759 e. The summed E-state index contributed by atoms with van der Waals surface area (Å²) in [4.78, 5) is 0. The van der Waals surface area contributed by atoms with E-state index in [1.54, 1.807) is 0 Å². The fraction of sp³-hybridized carbons (Fsp3) is 0. The van der Waals surface area contributed by atoms with Gasteiger partial charge in [0.05, 0.1) is 0 Å². The van der Waals surface area contributed by atoms with Crippen molar-refractivity contribution in [3.63, 3.8) is 0 Å². The van der Waals surface area contributed by atoms with Crippen molar-refractivity contribution in [3.8, 4) is 0 Å². The van der Waals surface area contributed by atoms with Crippen LogP contribution in [0.5, 0.6) is 0 Å². The Morgan fingerprint density at radius 1 is 0.400 bits per heavy atom. The molecule has 0 atom stereocenters. The summed E-state index contributed by atoms with van der Waals surface area (Å²) in [5, 5.41) is 0. The first kappa shape index (κ1) is 49.7. The molecule has 20 heavy (non-hydrogen) atoms. The molecule has 0 rings (SSSR count). The molecule has 0 aromatic carbocycles. The number of hydrogen-bond acceptors (Lipinski definition) is 12. The van der Waals surface area contributed by atoms with Crippen LogP contribution >= 0.6 is 0 Å². The molecule has 0 aromatic rings. The predicted molar refractivity (Wildman–Crippen MR) is 37.2 cm³/mol. The minimum absolute atomic E-state index is 0. The molecule has 98 valence electrons. The van der Waals surface area contributed by atoms with Crippen molar-refractivity contribution >= 4 is 58.5 Å². The van der Waals surface area contributed by atoms with Gasteiger partial charge in [-0.2, -0.15) is 0 Å². The second-order valence-corrected chi connectivity index (χ2v) is 3.67. The Balaban J connectivity index is -0.0000000160. The van der Waals surface area contributed by atoms with E-state index in [-0.39, 0.29) is 146 Å². The maximum atomic E-state index is 8.52. The second kappa shape index (κ2) is 23.5. The van der Waals surface area contributed by atoms with E-state index in [0.717, 1.165) is 0 Å². The molecule has 0 N–H and O–H groups in total. The molecule has 0 aliphatic heterocycles. The zero-order valence-corrected chi connectivity index (χ0v) is 25.0. The summed E-state index contributed by atoms with van der Waals surface area (Å²) in [7, 11) is -15.5. The van der Waals surface area contributed by atoms with Gasteiger partial charge in [0.25, 0.3) is 0 Å². The van der Waals surface area contributed by atoms with Crippen LogP contribution in [0.25, 0.3) is 0 Å². The van der Waals surface area contributed by atoms with Crippen LogP contribution in [-0.4, -0.2) is 79.9 Å². The van der Waals surface area contributed by atoms with E-state index < -0.39 is 31.2 Å². The summed E-state index contributed by atoms with van der Waals surface area (Å²) in [6.07, 6.45) is 0. The van der Waals surface area contributed by atoms with E-state index in [4.69, 9.17) is 52.6 Å². The van der Waals surface area contributed by atoms with Gasteiger partial charge in [0.15, 0.2) is 0 Å². The second-order valence-electron chi connectivity index (χ2n) is 1.22. The van der Waals surface area contributed by atoms with Crippen LogP contribution in [0.15, 0.2) is 0 Å². The van der Waals surface area contributed by atoms with Crippen LogP contribution in [0.1, 0.15) is 0 Å². The van der Waals surface area contributed by atoms with E-state index in [9.17, 15) is 0 Å². The maximum Gasteiger partial charge on any atom is 2.00 e. The molecule has 0 aliphatic rings. The van der Waals surface area contributed by atoms with Gasteiger partial charge >= 0.3 is 146 Å². The Bertz CT molecular complexity index is 352. The topological polar surface area (TPSA) is 241 Å². The molecule has 0 fully saturated rings. The molecule has 0 aliphatic carbocycles. The van der Waals surface area contributed by atoms with Crippen molar-refractivity contribution in [2.45, 2.75) is 0 Å². The Morgan fingerprint density at radius 3 is 0.400 bits per heavy atom. The predicted octanol–water partition coefficient (Wildman–Crippen LogP) is -16.4. The average Bonchev–Trinajstić information content (AvgIpc) is 1.41. The van der Waals surface area contributed by atoms with E-state index in [1.165, 1.54) is 0 Å². The standard InChI is InChI=1S/4Na.3H2O4S.Pb/c;;;;3*1-5(2,3)4;/h;;;;3*(H2,1,2,3,4);/q4*+1;;;;+2/p-6. The van der Waals surface area contributed by atoms with Crippen molar-refractivity contribution < 1.29 is 171 Å². The Hall–Kier alpha value is 4.53. The van der Waals surface area contributed by atoms with E-state index in [2.05, 4.69) is 0 Å². The van der Waals surface area contributed by atoms with Crippen molar-refractivity contribution in [1.82, 2.24) is 0 Å². The quantitative estimate of drug-likeness (QED) is 0.146. The third-order valence-corrected chi connectivity index (χ3v) is 0. The van der Waals surface area contributed by atoms with Gasteiger partial charge in [-0.1, -0.05) is 0 Å². The summed E-state index contributed by atoms with van der Waals surface area (Å²) < 4.78 is 102. The third-order valence-electron chi connectivity index (χ3n) is 0. The van der Waals surface area contributed by atoms with Crippen LogP contribution in [0, 0.1) is 0 Å². The molecule has 0 bridgehead atoms. The fourth-order valence-corrected chi connectivity index (χ4v) is 0. The zero-order valence-electron chi connectivity index (χ0n) is 10.6. The normalized spacial score (nSPS) is 8.70. The van der Waals surface area contributed by atoms with Crippen molar-refractivity contribution in [3.05, 3.63) is 0 Å². The summed E-state index contributed by atoms with van der Waals surface area (Å²) >= 11 is 0. The summed E-state index contributed by atoms with van der Waals surface area (Å²) in [5.41, 5.74) is 0. The minimum atomic E-state index is -5.17. The van der Waals surface area contributed by atoms with Crippen LogP contribution in [0.2, 0.25) is 0 Å². The molecule has 0 heterocycles. The smallest absolute Gasteiger partial charge is 0.759 e. The van der Waals surface area contributed by atoms with Crippen molar-refractivity contribution in [1.29, 1.82) is 0 Å². The molecule has 2 radical (unpaired) electrons. The van der Waals surface area contributed by atoms with Crippen LogP contribution in [0.3, 0.4) is 0 Å². The van der Waals surface area contributed by atoms with Gasteiger partial charge in [0.2, 0.25) is 0 Å². The zero-order chi connectivity index (χ0) is 13.5.